The van der Waals surface area contributed by atoms with Crippen LogP contribution in [0.4, 0.5) is 17.3 Å². The molecule has 2 heterocycles. The first-order valence-corrected chi connectivity index (χ1v) is 9.34. The van der Waals surface area contributed by atoms with Crippen LogP contribution >= 0.6 is 0 Å². The molecule has 1 aliphatic heterocycles. The number of hydrogen-bond acceptors (Lipinski definition) is 5. The van der Waals surface area contributed by atoms with Gasteiger partial charge in [0.25, 0.3) is 0 Å². The van der Waals surface area contributed by atoms with Crippen LogP contribution in [0, 0.1) is 13.8 Å². The first-order valence-electron chi connectivity index (χ1n) is 9.34. The van der Waals surface area contributed by atoms with Gasteiger partial charge >= 0.3 is 0 Å². The van der Waals surface area contributed by atoms with E-state index in [1.807, 2.05) is 0 Å². The Labute approximate surface area is 165 Å². The average Bonchev–Trinajstić information content (AvgIpc) is 2.89. The molecule has 5 heteroatoms. The molecular weight excluding hydrogens is 346 g/mol. The Morgan fingerprint density at radius 1 is 0.929 bits per heavy atom. The molecule has 1 aromatic heterocycles. The topological polar surface area (TPSA) is 76.2 Å². The Balaban J connectivity index is 1.71. The summed E-state index contributed by atoms with van der Waals surface area (Å²) in [4.78, 5) is 13.2. The summed E-state index contributed by atoms with van der Waals surface area (Å²) < 4.78 is 0. The highest BCUT2D eigenvalue weighted by molar-refractivity contribution is 6.02. The van der Waals surface area contributed by atoms with Gasteiger partial charge in [0.2, 0.25) is 0 Å². The molecule has 0 spiro atoms. The van der Waals surface area contributed by atoms with Crippen LogP contribution in [0.3, 0.4) is 0 Å². The predicted molar refractivity (Wildman–Crippen MR) is 116 cm³/mol. The van der Waals surface area contributed by atoms with E-state index in [9.17, 15) is 0 Å². The Hall–Kier alpha value is -3.47. The van der Waals surface area contributed by atoms with Crippen LogP contribution in [0.15, 0.2) is 65.9 Å². The number of hydrogen-bond donors (Lipinski definition) is 2. The zero-order chi connectivity index (χ0) is 19.5. The number of nitrogens with zero attached hydrogens (tertiary/aromatic N) is 3. The number of fused-ring (bicyclic) bond motifs is 1. The van der Waals surface area contributed by atoms with Crippen molar-refractivity contribution in [3.63, 3.8) is 0 Å². The lowest BCUT2D eigenvalue weighted by Crippen LogP contribution is -2.13. The lowest BCUT2D eigenvalue weighted by atomic mass is 9.99. The van der Waals surface area contributed by atoms with Gasteiger partial charge in [0.1, 0.15) is 12.0 Å². The normalized spacial score (nSPS) is 16.2. The minimum atomic E-state index is 0.0533. The van der Waals surface area contributed by atoms with E-state index in [4.69, 9.17) is 10.7 Å². The third-order valence-corrected chi connectivity index (χ3v) is 4.86. The number of nitrogens with one attached hydrogen (secondary N) is 1. The molecule has 0 fully saturated rings. The molecule has 0 saturated heterocycles. The second-order valence-corrected chi connectivity index (χ2v) is 7.12. The molecule has 3 N–H and O–H groups in total. The van der Waals surface area contributed by atoms with Crippen LogP contribution in [0.5, 0.6) is 0 Å². The highest BCUT2D eigenvalue weighted by atomic mass is 15.1. The summed E-state index contributed by atoms with van der Waals surface area (Å²) in [6.07, 6.45) is 6.32. The minimum Gasteiger partial charge on any atom is -0.382 e. The Morgan fingerprint density at radius 2 is 1.61 bits per heavy atom. The SMILES string of the molecule is Cc1ccc(/C=C/C2=Nc3c(N)ncnc3NC(c3ccc(C)cc3)C2)cc1. The smallest absolute Gasteiger partial charge is 0.158 e. The molecule has 1 aliphatic rings. The number of rotatable bonds is 3. The van der Waals surface area contributed by atoms with Crippen molar-refractivity contribution in [2.75, 3.05) is 11.1 Å². The fourth-order valence-electron chi connectivity index (χ4n) is 3.20. The maximum absolute atomic E-state index is 6.08. The van der Waals surface area contributed by atoms with Gasteiger partial charge in [-0.1, -0.05) is 65.7 Å². The van der Waals surface area contributed by atoms with E-state index in [1.165, 1.54) is 23.0 Å². The zero-order valence-corrected chi connectivity index (χ0v) is 16.1. The molecule has 0 amide bonds. The lowest BCUT2D eigenvalue weighted by molar-refractivity contribution is 0.822. The van der Waals surface area contributed by atoms with E-state index in [2.05, 4.69) is 89.8 Å². The molecule has 1 atom stereocenters. The van der Waals surface area contributed by atoms with Crippen molar-refractivity contribution in [2.45, 2.75) is 26.3 Å². The maximum Gasteiger partial charge on any atom is 0.158 e. The summed E-state index contributed by atoms with van der Waals surface area (Å²) in [6, 6.07) is 17.0. The van der Waals surface area contributed by atoms with Gasteiger partial charge in [-0.15, -0.1) is 0 Å². The molecule has 28 heavy (non-hydrogen) atoms. The minimum absolute atomic E-state index is 0.0533. The van der Waals surface area contributed by atoms with E-state index < -0.39 is 0 Å². The number of aromatic nitrogens is 2. The molecule has 4 rings (SSSR count). The van der Waals surface area contributed by atoms with Crippen molar-refractivity contribution in [1.82, 2.24) is 9.97 Å². The molecular formula is C23H23N5. The fourth-order valence-corrected chi connectivity index (χ4v) is 3.20. The van der Waals surface area contributed by atoms with Gasteiger partial charge in [-0.2, -0.15) is 0 Å². The summed E-state index contributed by atoms with van der Waals surface area (Å²) in [5, 5.41) is 3.49. The maximum atomic E-state index is 6.08. The molecule has 140 valence electrons. The van der Waals surface area contributed by atoms with Crippen molar-refractivity contribution in [2.24, 2.45) is 4.99 Å². The van der Waals surface area contributed by atoms with Crippen molar-refractivity contribution in [1.29, 1.82) is 0 Å². The number of aliphatic imine (C=N–C) groups is 1. The number of anilines is 2. The van der Waals surface area contributed by atoms with Crippen LogP contribution in [-0.4, -0.2) is 15.7 Å². The van der Waals surface area contributed by atoms with E-state index in [0.717, 1.165) is 17.7 Å². The second-order valence-electron chi connectivity index (χ2n) is 7.12. The zero-order valence-electron chi connectivity index (χ0n) is 16.1. The molecule has 0 bridgehead atoms. The highest BCUT2D eigenvalue weighted by Gasteiger charge is 2.21. The Bertz CT molecular complexity index is 1030. The number of allylic oxidation sites excluding steroid dienone is 1. The van der Waals surface area contributed by atoms with Crippen LogP contribution in [-0.2, 0) is 0 Å². The predicted octanol–water partition coefficient (Wildman–Crippen LogP) is 5.02. The van der Waals surface area contributed by atoms with Crippen molar-refractivity contribution >= 4 is 29.1 Å². The second kappa shape index (κ2) is 7.64. The van der Waals surface area contributed by atoms with E-state index in [0.29, 0.717) is 17.3 Å². The van der Waals surface area contributed by atoms with Gasteiger partial charge in [0.15, 0.2) is 11.6 Å². The molecule has 0 radical (unpaired) electrons. The summed E-state index contributed by atoms with van der Waals surface area (Å²) >= 11 is 0. The van der Waals surface area contributed by atoms with E-state index in [-0.39, 0.29) is 6.04 Å². The van der Waals surface area contributed by atoms with Crippen molar-refractivity contribution in [3.8, 4) is 0 Å². The van der Waals surface area contributed by atoms with E-state index >= 15 is 0 Å². The molecule has 5 nitrogen and oxygen atoms in total. The first kappa shape index (κ1) is 17.9. The number of nitrogen functional groups attached to an aromatic ring is 1. The first-order chi connectivity index (χ1) is 13.6. The van der Waals surface area contributed by atoms with Gasteiger partial charge < -0.3 is 11.1 Å². The molecule has 0 saturated carbocycles. The lowest BCUT2D eigenvalue weighted by Gasteiger charge is -2.18. The third kappa shape index (κ3) is 3.93. The number of benzene rings is 2. The molecule has 0 aliphatic carbocycles. The monoisotopic (exact) mass is 369 g/mol. The molecule has 1 unspecified atom stereocenters. The summed E-state index contributed by atoms with van der Waals surface area (Å²) in [5.41, 5.74) is 12.4. The summed E-state index contributed by atoms with van der Waals surface area (Å²) in [5.74, 6) is 1.04. The van der Waals surface area contributed by atoms with Gasteiger partial charge in [-0.3, -0.25) is 0 Å². The van der Waals surface area contributed by atoms with Gasteiger partial charge in [-0.25, -0.2) is 15.0 Å². The summed E-state index contributed by atoms with van der Waals surface area (Å²) in [6.45, 7) is 4.17. The van der Waals surface area contributed by atoms with E-state index in [1.54, 1.807) is 0 Å². The number of nitrogens with two attached hydrogens (primary N) is 1. The van der Waals surface area contributed by atoms with Gasteiger partial charge in [0.05, 0.1) is 6.04 Å². The highest BCUT2D eigenvalue weighted by Crippen LogP contribution is 2.35. The van der Waals surface area contributed by atoms with Gasteiger partial charge in [0, 0.05) is 12.1 Å². The average molecular weight is 369 g/mol. The van der Waals surface area contributed by atoms with Gasteiger partial charge in [-0.05, 0) is 31.1 Å². The largest absolute Gasteiger partial charge is 0.382 e. The summed E-state index contributed by atoms with van der Waals surface area (Å²) in [7, 11) is 0. The Morgan fingerprint density at radius 3 is 2.32 bits per heavy atom. The van der Waals surface area contributed by atoms with Crippen molar-refractivity contribution < 1.29 is 0 Å². The molecule has 2 aromatic carbocycles. The fraction of sp³-hybridized carbons (Fsp3) is 0.174. The van der Waals surface area contributed by atoms with Crippen LogP contribution in [0.1, 0.15) is 34.7 Å². The molecule has 3 aromatic rings. The van der Waals surface area contributed by atoms with Crippen molar-refractivity contribution in [3.05, 3.63) is 83.2 Å². The third-order valence-electron chi connectivity index (χ3n) is 4.86. The Kier molecular flexibility index (Phi) is 4.89. The standard InChI is InChI=1S/C23H23N5/c1-15-3-7-17(8-4-15)9-12-19-13-20(18-10-5-16(2)6-11-18)28-23-21(27-19)22(24)25-14-26-23/h3-12,14,20H,13H2,1-2H3,(H3,24,25,26,28)/b12-9+. The van der Waals surface area contributed by atoms with Crippen LogP contribution in [0.2, 0.25) is 0 Å². The number of aryl methyl sites for hydroxylation is 2. The van der Waals surface area contributed by atoms with Crippen LogP contribution < -0.4 is 11.1 Å². The van der Waals surface area contributed by atoms with Crippen LogP contribution in [0.25, 0.3) is 6.08 Å². The quantitative estimate of drug-likeness (QED) is 0.680.